The first-order valence-electron chi connectivity index (χ1n) is 19.7. The molecule has 7 aliphatic rings. The molecule has 7 rings (SSSR count). The van der Waals surface area contributed by atoms with Gasteiger partial charge >= 0.3 is 12.2 Å². The first-order chi connectivity index (χ1) is 22.8. The summed E-state index contributed by atoms with van der Waals surface area (Å²) in [4.78, 5) is 25.0. The number of amides is 2. The molecule has 5 aliphatic carbocycles. The lowest BCUT2D eigenvalue weighted by Gasteiger charge is -2.59. The van der Waals surface area contributed by atoms with Gasteiger partial charge in [-0.3, -0.25) is 0 Å². The van der Waals surface area contributed by atoms with Crippen molar-refractivity contribution in [1.82, 2.24) is 16.0 Å². The molecule has 4 N–H and O–H groups in total. The molecule has 48 heavy (non-hydrogen) atoms. The number of rotatable bonds is 5. The summed E-state index contributed by atoms with van der Waals surface area (Å²) in [6.45, 7) is 23.3. The van der Waals surface area contributed by atoms with Crippen LogP contribution in [-0.2, 0) is 14.2 Å². The van der Waals surface area contributed by atoms with Gasteiger partial charge in [0.1, 0.15) is 12.2 Å². The molecule has 13 atom stereocenters. The molecule has 2 spiro atoms. The average Bonchev–Trinajstić information content (AvgIpc) is 3.65. The lowest BCUT2D eigenvalue weighted by atomic mass is 9.46. The highest BCUT2D eigenvalue weighted by Gasteiger charge is 2.82. The van der Waals surface area contributed by atoms with E-state index >= 15 is 0 Å². The average molecular weight is 676 g/mol. The van der Waals surface area contributed by atoms with Crippen LogP contribution in [0, 0.1) is 57.2 Å². The van der Waals surface area contributed by atoms with Crippen molar-refractivity contribution in [2.24, 2.45) is 57.2 Å². The zero-order valence-electron chi connectivity index (χ0n) is 32.0. The van der Waals surface area contributed by atoms with E-state index in [1.807, 2.05) is 27.7 Å². The third-order valence-electron chi connectivity index (χ3n) is 14.7. The Hall–Kier alpha value is -1.58. The molecule has 0 aromatic rings. The minimum atomic E-state index is -0.503. The van der Waals surface area contributed by atoms with E-state index in [1.54, 1.807) is 7.05 Å². The SMILES string of the molecule is CC.CC.CNC(=O)O[C@H](C(C)C)C1C[C@@H](C)[C@H]2C(O1)[C@H](O)C1C3CC[C@H]4C(C)(C)[C@@H](OC(=O)NC5CNC5)CC[C@@]45C[C@@]35CCC12C. The smallest absolute Gasteiger partial charge is 0.407 e. The van der Waals surface area contributed by atoms with Crippen LogP contribution < -0.4 is 16.0 Å². The van der Waals surface area contributed by atoms with Gasteiger partial charge in [0.25, 0.3) is 0 Å². The number of ether oxygens (including phenoxy) is 3. The van der Waals surface area contributed by atoms with Gasteiger partial charge in [-0.1, -0.05) is 69.2 Å². The maximum absolute atomic E-state index is 12.8. The molecule has 2 amide bonds. The molecule has 5 saturated carbocycles. The summed E-state index contributed by atoms with van der Waals surface area (Å²) in [5.74, 6) is 2.06. The predicted octanol–water partition coefficient (Wildman–Crippen LogP) is 6.91. The summed E-state index contributed by atoms with van der Waals surface area (Å²) in [5.41, 5.74) is 0.538. The Morgan fingerprint density at radius 1 is 0.938 bits per heavy atom. The number of carbonyl (C=O) groups is 2. The number of carbonyl (C=O) groups excluding carboxylic acids is 2. The molecule has 0 radical (unpaired) electrons. The second-order valence-electron chi connectivity index (χ2n) is 17.2. The number of fused-ring (bicyclic) bond motifs is 4. The molecule has 2 aliphatic heterocycles. The van der Waals surface area contributed by atoms with Crippen molar-refractivity contribution in [2.75, 3.05) is 20.1 Å². The Kier molecular flexibility index (Phi) is 10.9. The summed E-state index contributed by atoms with van der Waals surface area (Å²) in [6.07, 6.45) is 6.75. The molecule has 5 unspecified atom stereocenters. The molecule has 0 aromatic heterocycles. The van der Waals surface area contributed by atoms with Gasteiger partial charge in [-0.25, -0.2) is 9.59 Å². The Morgan fingerprint density at radius 3 is 2.23 bits per heavy atom. The van der Waals surface area contributed by atoms with Crippen LogP contribution in [0.3, 0.4) is 0 Å². The van der Waals surface area contributed by atoms with Gasteiger partial charge in [-0.05, 0) is 103 Å². The number of nitrogens with one attached hydrogen (secondary N) is 3. The normalized spacial score (nSPS) is 45.3. The van der Waals surface area contributed by atoms with Crippen molar-refractivity contribution >= 4 is 12.2 Å². The van der Waals surface area contributed by atoms with E-state index in [9.17, 15) is 14.7 Å². The topological polar surface area (TPSA) is 118 Å². The minimum Gasteiger partial charge on any atom is -0.446 e. The van der Waals surface area contributed by atoms with Gasteiger partial charge < -0.3 is 35.3 Å². The van der Waals surface area contributed by atoms with E-state index in [4.69, 9.17) is 14.2 Å². The molecule has 9 nitrogen and oxygen atoms in total. The van der Waals surface area contributed by atoms with E-state index < -0.39 is 12.2 Å². The molecule has 2 heterocycles. The number of aliphatic hydroxyl groups is 1. The molecule has 0 bridgehead atoms. The number of hydrogen-bond donors (Lipinski definition) is 4. The quantitative estimate of drug-likeness (QED) is 0.250. The molecule has 7 fully saturated rings. The van der Waals surface area contributed by atoms with Gasteiger partial charge in [0.2, 0.25) is 0 Å². The largest absolute Gasteiger partial charge is 0.446 e. The van der Waals surface area contributed by atoms with E-state index in [2.05, 4.69) is 57.5 Å². The fraction of sp³-hybridized carbons (Fsp3) is 0.949. The van der Waals surface area contributed by atoms with Gasteiger partial charge in [0, 0.05) is 25.6 Å². The van der Waals surface area contributed by atoms with Crippen molar-refractivity contribution in [3.63, 3.8) is 0 Å². The maximum Gasteiger partial charge on any atom is 0.407 e. The third-order valence-corrected chi connectivity index (χ3v) is 14.7. The van der Waals surface area contributed by atoms with Gasteiger partial charge in [-0.2, -0.15) is 0 Å². The summed E-state index contributed by atoms with van der Waals surface area (Å²) >= 11 is 0. The van der Waals surface area contributed by atoms with Gasteiger partial charge in [0.05, 0.1) is 24.4 Å². The lowest BCUT2D eigenvalue weighted by Crippen LogP contribution is -2.59. The van der Waals surface area contributed by atoms with Crippen LogP contribution in [0.15, 0.2) is 0 Å². The van der Waals surface area contributed by atoms with Crippen LogP contribution in [0.4, 0.5) is 9.59 Å². The van der Waals surface area contributed by atoms with Crippen LogP contribution in [0.1, 0.15) is 121 Å². The minimum absolute atomic E-state index is 0.0419. The van der Waals surface area contributed by atoms with Crippen LogP contribution in [-0.4, -0.2) is 74.0 Å². The van der Waals surface area contributed by atoms with Crippen LogP contribution in [0.5, 0.6) is 0 Å². The van der Waals surface area contributed by atoms with Crippen LogP contribution in [0.2, 0.25) is 0 Å². The highest BCUT2D eigenvalue weighted by Crippen LogP contribution is 2.87. The Morgan fingerprint density at radius 2 is 1.62 bits per heavy atom. The van der Waals surface area contributed by atoms with Gasteiger partial charge in [-0.15, -0.1) is 0 Å². The van der Waals surface area contributed by atoms with E-state index in [1.165, 1.54) is 12.8 Å². The molecular formula is C39H69N3O6. The van der Waals surface area contributed by atoms with Crippen molar-refractivity contribution in [2.45, 2.75) is 157 Å². The zero-order valence-corrected chi connectivity index (χ0v) is 32.0. The van der Waals surface area contributed by atoms with Crippen molar-refractivity contribution in [1.29, 1.82) is 0 Å². The lowest BCUT2D eigenvalue weighted by molar-refractivity contribution is -0.177. The molecular weight excluding hydrogens is 606 g/mol. The first kappa shape index (κ1) is 37.7. The van der Waals surface area contributed by atoms with Crippen molar-refractivity contribution in [3.8, 4) is 0 Å². The van der Waals surface area contributed by atoms with Crippen LogP contribution in [0.25, 0.3) is 0 Å². The van der Waals surface area contributed by atoms with E-state index in [0.717, 1.165) is 51.6 Å². The second kappa shape index (κ2) is 13.9. The van der Waals surface area contributed by atoms with Crippen molar-refractivity contribution in [3.05, 3.63) is 0 Å². The highest BCUT2D eigenvalue weighted by atomic mass is 16.6. The van der Waals surface area contributed by atoms with Gasteiger partial charge in [0.15, 0.2) is 0 Å². The van der Waals surface area contributed by atoms with E-state index in [-0.39, 0.29) is 64.6 Å². The molecule has 276 valence electrons. The van der Waals surface area contributed by atoms with E-state index in [0.29, 0.717) is 29.1 Å². The third kappa shape index (κ3) is 5.68. The zero-order chi connectivity index (χ0) is 35.4. The first-order valence-corrected chi connectivity index (χ1v) is 19.7. The molecule has 2 saturated heterocycles. The Labute approximate surface area is 291 Å². The fourth-order valence-corrected chi connectivity index (χ4v) is 12.8. The highest BCUT2D eigenvalue weighted by molar-refractivity contribution is 5.68. The predicted molar refractivity (Wildman–Crippen MR) is 188 cm³/mol. The number of hydrogen-bond acceptors (Lipinski definition) is 7. The molecule has 9 heteroatoms. The summed E-state index contributed by atoms with van der Waals surface area (Å²) in [5, 5.41) is 21.1. The maximum atomic E-state index is 12.8. The Bertz CT molecular complexity index is 1160. The number of alkyl carbamates (subject to hydrolysis) is 2. The number of aliphatic hydroxyl groups excluding tert-OH is 1. The Balaban J connectivity index is 0.00000109. The monoisotopic (exact) mass is 676 g/mol. The van der Waals surface area contributed by atoms with Crippen molar-refractivity contribution < 1.29 is 28.9 Å². The molecule has 0 aromatic carbocycles. The fourth-order valence-electron chi connectivity index (χ4n) is 12.8. The summed E-state index contributed by atoms with van der Waals surface area (Å²) in [7, 11) is 1.59. The summed E-state index contributed by atoms with van der Waals surface area (Å²) in [6, 6.07) is 0.183. The summed E-state index contributed by atoms with van der Waals surface area (Å²) < 4.78 is 18.8. The van der Waals surface area contributed by atoms with Crippen LogP contribution >= 0.6 is 0 Å². The second-order valence-corrected chi connectivity index (χ2v) is 17.2. The standard InChI is InChI=1S/C35H57N3O6.2C2H6/c1-18(2)28(44-30(40)36-7)22-14-19(3)25-29(42-22)27(39)26-21-8-9-23-32(4,5)24(43-31(41)38-20-15-37-16-20)10-11-35(23)17-34(21,35)13-12-33(25,26)6;2*1-2/h18-29,37,39H,8-17H2,1-7H3,(H,36,40)(H,38,41);2*1-2H3/t19-,21?,22?,23+,24+,25+,26?,27-,28-,29?,33?,34+,35-;;/m1../s1.